The average Bonchev–Trinajstić information content (AvgIpc) is 2.54. The minimum Gasteiger partial charge on any atom is -0.374 e. The summed E-state index contributed by atoms with van der Waals surface area (Å²) in [5, 5.41) is 7.85. The number of benzene rings is 2. The topological polar surface area (TPSA) is 70.2 Å². The monoisotopic (exact) mass is 333 g/mol. The maximum Gasteiger partial charge on any atom is 0.239 e. The molecule has 0 aliphatic rings. The van der Waals surface area contributed by atoms with Crippen LogP contribution in [0.25, 0.3) is 0 Å². The molecule has 0 aromatic heterocycles. The summed E-state index contributed by atoms with van der Waals surface area (Å²) in [6.07, 6.45) is 0. The Morgan fingerprint density at radius 2 is 1.75 bits per heavy atom. The molecule has 0 atom stereocenters. The molecule has 2 aromatic rings. The fraction of sp³-hybridized carbons (Fsp3) is 0.176. The van der Waals surface area contributed by atoms with Gasteiger partial charge in [-0.3, -0.25) is 9.59 Å². The van der Waals surface area contributed by atoms with Gasteiger partial charge in [0.25, 0.3) is 0 Å². The molecule has 0 spiro atoms. The fourth-order valence-electron chi connectivity index (χ4n) is 1.98. The van der Waals surface area contributed by atoms with Gasteiger partial charge in [0.2, 0.25) is 11.8 Å². The maximum absolute atomic E-state index is 13.7. The van der Waals surface area contributed by atoms with Crippen LogP contribution in [0.2, 0.25) is 0 Å². The van der Waals surface area contributed by atoms with E-state index in [2.05, 4.69) is 16.0 Å². The van der Waals surface area contributed by atoms with E-state index in [1.807, 2.05) is 0 Å². The summed E-state index contributed by atoms with van der Waals surface area (Å²) in [5.74, 6) is -1.50. The molecule has 0 heterocycles. The first-order valence-corrected chi connectivity index (χ1v) is 7.26. The Hall–Kier alpha value is -2.96. The average molecular weight is 333 g/mol. The van der Waals surface area contributed by atoms with Gasteiger partial charge < -0.3 is 16.0 Å². The zero-order valence-corrected chi connectivity index (χ0v) is 13.0. The molecular weight excluding hydrogens is 316 g/mol. The van der Waals surface area contributed by atoms with Crippen LogP contribution in [0.3, 0.4) is 0 Å². The van der Waals surface area contributed by atoms with Gasteiger partial charge in [0.05, 0.1) is 12.2 Å². The molecule has 0 saturated carbocycles. The third kappa shape index (κ3) is 5.35. The fourth-order valence-corrected chi connectivity index (χ4v) is 1.98. The third-order valence-corrected chi connectivity index (χ3v) is 3.13. The lowest BCUT2D eigenvalue weighted by molar-refractivity contribution is -0.119. The van der Waals surface area contributed by atoms with Crippen LogP contribution >= 0.6 is 0 Å². The number of rotatable bonds is 6. The second-order valence-electron chi connectivity index (χ2n) is 5.13. The number of nitrogens with one attached hydrogen (secondary N) is 3. The van der Waals surface area contributed by atoms with E-state index in [1.165, 1.54) is 37.3 Å². The van der Waals surface area contributed by atoms with Gasteiger partial charge in [-0.2, -0.15) is 0 Å². The van der Waals surface area contributed by atoms with Crippen LogP contribution in [0.1, 0.15) is 12.5 Å². The molecule has 2 rings (SSSR count). The number of halogens is 2. The van der Waals surface area contributed by atoms with Crippen LogP contribution in [0.5, 0.6) is 0 Å². The molecular formula is C17H17F2N3O2. The number of amides is 2. The Kier molecular flexibility index (Phi) is 5.83. The molecule has 0 aliphatic carbocycles. The minimum absolute atomic E-state index is 0.109. The van der Waals surface area contributed by atoms with E-state index in [9.17, 15) is 18.4 Å². The third-order valence-electron chi connectivity index (χ3n) is 3.13. The predicted octanol–water partition coefficient (Wildman–Crippen LogP) is 2.65. The molecule has 0 unspecified atom stereocenters. The van der Waals surface area contributed by atoms with Crippen molar-refractivity contribution in [3.05, 3.63) is 59.7 Å². The van der Waals surface area contributed by atoms with Crippen LogP contribution in [0.15, 0.2) is 42.5 Å². The smallest absolute Gasteiger partial charge is 0.239 e. The van der Waals surface area contributed by atoms with Gasteiger partial charge in [-0.05, 0) is 35.9 Å². The number of carbonyl (C=O) groups is 2. The van der Waals surface area contributed by atoms with Gasteiger partial charge in [0.1, 0.15) is 11.6 Å². The molecule has 126 valence electrons. The van der Waals surface area contributed by atoms with Crippen molar-refractivity contribution in [1.29, 1.82) is 0 Å². The van der Waals surface area contributed by atoms with E-state index in [1.54, 1.807) is 12.1 Å². The zero-order chi connectivity index (χ0) is 17.5. The quantitative estimate of drug-likeness (QED) is 0.761. The summed E-state index contributed by atoms with van der Waals surface area (Å²) in [6.45, 7) is 1.45. The Labute approximate surface area is 138 Å². The zero-order valence-electron chi connectivity index (χ0n) is 13.0. The summed E-state index contributed by atoms with van der Waals surface area (Å²) < 4.78 is 26.5. The van der Waals surface area contributed by atoms with Crippen molar-refractivity contribution in [1.82, 2.24) is 5.32 Å². The van der Waals surface area contributed by atoms with Gasteiger partial charge in [-0.1, -0.05) is 12.1 Å². The molecule has 2 aromatic carbocycles. The van der Waals surface area contributed by atoms with Crippen molar-refractivity contribution < 1.29 is 18.4 Å². The van der Waals surface area contributed by atoms with Gasteiger partial charge in [0.15, 0.2) is 0 Å². The molecule has 0 bridgehead atoms. The lowest BCUT2D eigenvalue weighted by atomic mass is 10.2. The molecule has 7 heteroatoms. The summed E-state index contributed by atoms with van der Waals surface area (Å²) in [4.78, 5) is 22.8. The van der Waals surface area contributed by atoms with Gasteiger partial charge in [0, 0.05) is 19.2 Å². The van der Waals surface area contributed by atoms with Crippen LogP contribution in [0.4, 0.5) is 20.2 Å². The van der Waals surface area contributed by atoms with E-state index < -0.39 is 5.82 Å². The van der Waals surface area contributed by atoms with Gasteiger partial charge in [-0.15, -0.1) is 0 Å². The maximum atomic E-state index is 13.7. The Morgan fingerprint density at radius 3 is 2.42 bits per heavy atom. The Balaban J connectivity index is 1.86. The van der Waals surface area contributed by atoms with Crippen LogP contribution < -0.4 is 16.0 Å². The molecule has 0 saturated heterocycles. The highest BCUT2D eigenvalue weighted by molar-refractivity contribution is 5.89. The highest BCUT2D eigenvalue weighted by atomic mass is 19.1. The summed E-state index contributed by atoms with van der Waals surface area (Å²) in [6, 6.07) is 9.79. The normalized spacial score (nSPS) is 10.1. The lowest BCUT2D eigenvalue weighted by Crippen LogP contribution is -2.29. The first-order valence-electron chi connectivity index (χ1n) is 7.26. The van der Waals surface area contributed by atoms with E-state index in [-0.39, 0.29) is 36.4 Å². The second kappa shape index (κ2) is 8.05. The number of hydrogen-bond donors (Lipinski definition) is 3. The van der Waals surface area contributed by atoms with Crippen molar-refractivity contribution in [2.75, 3.05) is 17.2 Å². The van der Waals surface area contributed by atoms with Gasteiger partial charge in [-0.25, -0.2) is 8.78 Å². The van der Waals surface area contributed by atoms with Crippen LogP contribution in [0, 0.1) is 11.6 Å². The predicted molar refractivity (Wildman–Crippen MR) is 87.4 cm³/mol. The molecule has 5 nitrogen and oxygen atoms in total. The first kappa shape index (κ1) is 17.4. The van der Waals surface area contributed by atoms with Crippen LogP contribution in [-0.2, 0) is 16.1 Å². The van der Waals surface area contributed by atoms with E-state index in [0.29, 0.717) is 5.69 Å². The molecule has 24 heavy (non-hydrogen) atoms. The summed E-state index contributed by atoms with van der Waals surface area (Å²) in [7, 11) is 0. The molecule has 0 radical (unpaired) electrons. The van der Waals surface area contributed by atoms with E-state index >= 15 is 0 Å². The Morgan fingerprint density at radius 1 is 1.04 bits per heavy atom. The molecule has 0 fully saturated rings. The SMILES string of the molecule is CC(=O)Nc1ccc(F)c(NCC(=O)NCc2ccc(F)cc2)c1. The molecule has 2 amide bonds. The standard InChI is InChI=1S/C17H17F2N3O2/c1-11(23)22-14-6-7-15(19)16(8-14)20-10-17(24)21-9-12-2-4-13(18)5-3-12/h2-8,20H,9-10H2,1H3,(H,21,24)(H,22,23). The highest BCUT2D eigenvalue weighted by Gasteiger charge is 2.07. The van der Waals surface area contributed by atoms with Crippen molar-refractivity contribution in [3.8, 4) is 0 Å². The van der Waals surface area contributed by atoms with E-state index in [4.69, 9.17) is 0 Å². The highest BCUT2D eigenvalue weighted by Crippen LogP contribution is 2.19. The van der Waals surface area contributed by atoms with Crippen molar-refractivity contribution >= 4 is 23.2 Å². The van der Waals surface area contributed by atoms with Crippen molar-refractivity contribution in [3.63, 3.8) is 0 Å². The number of hydrogen-bond acceptors (Lipinski definition) is 3. The number of anilines is 2. The first-order chi connectivity index (χ1) is 11.4. The van der Waals surface area contributed by atoms with E-state index in [0.717, 1.165) is 5.56 Å². The van der Waals surface area contributed by atoms with Gasteiger partial charge >= 0.3 is 0 Å². The van der Waals surface area contributed by atoms with Crippen molar-refractivity contribution in [2.45, 2.75) is 13.5 Å². The second-order valence-corrected chi connectivity index (χ2v) is 5.13. The molecule has 0 aliphatic heterocycles. The molecule has 3 N–H and O–H groups in total. The summed E-state index contributed by atoms with van der Waals surface area (Å²) >= 11 is 0. The largest absolute Gasteiger partial charge is 0.374 e. The minimum atomic E-state index is -0.532. The van der Waals surface area contributed by atoms with Crippen LogP contribution in [-0.4, -0.2) is 18.4 Å². The van der Waals surface area contributed by atoms with Crippen molar-refractivity contribution in [2.24, 2.45) is 0 Å². The number of carbonyl (C=O) groups excluding carboxylic acids is 2. The Bertz CT molecular complexity index is 733. The lowest BCUT2D eigenvalue weighted by Gasteiger charge is -2.10. The summed E-state index contributed by atoms with van der Waals surface area (Å²) in [5.41, 5.74) is 1.29.